The first kappa shape index (κ1) is 18.4. The van der Waals surface area contributed by atoms with Crippen molar-refractivity contribution in [2.24, 2.45) is 0 Å². The minimum absolute atomic E-state index is 0.0350. The van der Waals surface area contributed by atoms with Gasteiger partial charge in [-0.3, -0.25) is 9.59 Å². The van der Waals surface area contributed by atoms with E-state index in [-0.39, 0.29) is 29.0 Å². The second kappa shape index (κ2) is 7.76. The number of piperazine rings is 1. The van der Waals surface area contributed by atoms with Crippen molar-refractivity contribution in [1.82, 2.24) is 15.5 Å². The predicted molar refractivity (Wildman–Crippen MR) is 90.3 cm³/mol. The van der Waals surface area contributed by atoms with Crippen LogP contribution < -0.4 is 10.6 Å². The van der Waals surface area contributed by atoms with Crippen LogP contribution in [0.2, 0.25) is 0 Å². The zero-order valence-corrected chi connectivity index (χ0v) is 14.7. The first-order valence-corrected chi connectivity index (χ1v) is 9.51. The summed E-state index contributed by atoms with van der Waals surface area (Å²) in [5.41, 5.74) is 0.987. The van der Waals surface area contributed by atoms with Gasteiger partial charge in [0.15, 0.2) is 9.84 Å². The Kier molecular flexibility index (Phi) is 5.95. The molecule has 0 bridgehead atoms. The summed E-state index contributed by atoms with van der Waals surface area (Å²) in [6, 6.07) is 6.12. The Morgan fingerprint density at radius 2 is 1.96 bits per heavy atom. The van der Waals surface area contributed by atoms with Crippen molar-refractivity contribution in [2.75, 3.05) is 31.9 Å². The molecule has 0 saturated carbocycles. The first-order valence-electron chi connectivity index (χ1n) is 7.85. The maximum absolute atomic E-state index is 12.2. The molecule has 1 aliphatic rings. The molecule has 1 aromatic rings. The molecule has 1 heterocycles. The van der Waals surface area contributed by atoms with Crippen molar-refractivity contribution in [3.05, 3.63) is 29.8 Å². The summed E-state index contributed by atoms with van der Waals surface area (Å²) in [4.78, 5) is 25.4. The Labute approximate surface area is 142 Å². The molecule has 1 saturated heterocycles. The topological polar surface area (TPSA) is 95.6 Å². The maximum atomic E-state index is 12.2. The number of hydrogen-bond donors (Lipinski definition) is 2. The number of sulfone groups is 1. The van der Waals surface area contributed by atoms with E-state index in [1.807, 2.05) is 6.92 Å². The third kappa shape index (κ3) is 4.78. The van der Waals surface area contributed by atoms with Gasteiger partial charge in [-0.05, 0) is 19.1 Å². The van der Waals surface area contributed by atoms with Crippen molar-refractivity contribution < 1.29 is 18.0 Å². The van der Waals surface area contributed by atoms with E-state index >= 15 is 0 Å². The van der Waals surface area contributed by atoms with Crippen LogP contribution in [0.5, 0.6) is 0 Å². The van der Waals surface area contributed by atoms with Crippen LogP contribution in [0, 0.1) is 6.92 Å². The maximum Gasteiger partial charge on any atom is 0.239 e. The molecular formula is C16H23N3O4S. The molecule has 1 atom stereocenters. The average molecular weight is 353 g/mol. The van der Waals surface area contributed by atoms with Gasteiger partial charge in [-0.1, -0.05) is 17.7 Å². The van der Waals surface area contributed by atoms with Gasteiger partial charge in [-0.25, -0.2) is 8.42 Å². The van der Waals surface area contributed by atoms with E-state index in [1.54, 1.807) is 29.2 Å². The Bertz CT molecular complexity index is 701. The van der Waals surface area contributed by atoms with E-state index in [1.165, 1.54) is 6.92 Å². The summed E-state index contributed by atoms with van der Waals surface area (Å²) >= 11 is 0. The molecule has 24 heavy (non-hydrogen) atoms. The van der Waals surface area contributed by atoms with Gasteiger partial charge in [-0.15, -0.1) is 0 Å². The molecule has 1 aliphatic heterocycles. The van der Waals surface area contributed by atoms with Gasteiger partial charge < -0.3 is 15.5 Å². The molecular weight excluding hydrogens is 330 g/mol. The summed E-state index contributed by atoms with van der Waals surface area (Å²) in [7, 11) is -3.43. The van der Waals surface area contributed by atoms with Crippen molar-refractivity contribution >= 4 is 21.7 Å². The summed E-state index contributed by atoms with van der Waals surface area (Å²) < 4.78 is 24.4. The van der Waals surface area contributed by atoms with E-state index in [0.717, 1.165) is 5.56 Å². The Balaban J connectivity index is 1.85. The number of nitrogens with one attached hydrogen (secondary N) is 2. The van der Waals surface area contributed by atoms with E-state index in [2.05, 4.69) is 10.6 Å². The monoisotopic (exact) mass is 353 g/mol. The average Bonchev–Trinajstić information content (AvgIpc) is 2.55. The minimum atomic E-state index is -3.43. The molecule has 7 nitrogen and oxygen atoms in total. The number of rotatable bonds is 5. The number of carbonyl (C=O) groups excluding carboxylic acids is 2. The van der Waals surface area contributed by atoms with Gasteiger partial charge >= 0.3 is 0 Å². The molecule has 2 N–H and O–H groups in total. The lowest BCUT2D eigenvalue weighted by Gasteiger charge is -2.32. The molecule has 0 radical (unpaired) electrons. The first-order chi connectivity index (χ1) is 11.3. The number of amides is 2. The molecule has 1 aromatic carbocycles. The highest BCUT2D eigenvalue weighted by Gasteiger charge is 2.26. The third-order valence-corrected chi connectivity index (χ3v) is 5.72. The Morgan fingerprint density at radius 3 is 2.58 bits per heavy atom. The van der Waals surface area contributed by atoms with Gasteiger partial charge in [-0.2, -0.15) is 0 Å². The van der Waals surface area contributed by atoms with Gasteiger partial charge in [0.2, 0.25) is 11.8 Å². The fraction of sp³-hybridized carbons (Fsp3) is 0.500. The van der Waals surface area contributed by atoms with Crippen molar-refractivity contribution in [3.63, 3.8) is 0 Å². The van der Waals surface area contributed by atoms with Crippen molar-refractivity contribution in [1.29, 1.82) is 0 Å². The zero-order chi connectivity index (χ0) is 17.7. The molecule has 0 spiro atoms. The van der Waals surface area contributed by atoms with E-state index in [4.69, 9.17) is 0 Å². The second-order valence-corrected chi connectivity index (χ2v) is 8.00. The summed E-state index contributed by atoms with van der Waals surface area (Å²) in [6.45, 7) is 4.80. The third-order valence-electron chi connectivity index (χ3n) is 3.99. The lowest BCUT2D eigenvalue weighted by molar-refractivity contribution is -0.132. The molecule has 132 valence electrons. The van der Waals surface area contributed by atoms with Crippen LogP contribution in [0.25, 0.3) is 0 Å². The SMILES string of the molecule is CC(=O)N1CCNC(C(=O)NCCS(=O)(=O)c2ccc(C)cc2)C1. The van der Waals surface area contributed by atoms with Crippen LogP contribution in [0.1, 0.15) is 12.5 Å². The molecule has 8 heteroatoms. The summed E-state index contributed by atoms with van der Waals surface area (Å²) in [6.07, 6.45) is 0. The minimum Gasteiger partial charge on any atom is -0.354 e. The highest BCUT2D eigenvalue weighted by Crippen LogP contribution is 2.11. The molecule has 0 aromatic heterocycles. The molecule has 2 amide bonds. The largest absolute Gasteiger partial charge is 0.354 e. The van der Waals surface area contributed by atoms with Crippen molar-refractivity contribution in [2.45, 2.75) is 24.8 Å². The van der Waals surface area contributed by atoms with Crippen LogP contribution in [0.3, 0.4) is 0 Å². The van der Waals surface area contributed by atoms with Crippen LogP contribution in [0.15, 0.2) is 29.2 Å². The van der Waals surface area contributed by atoms with E-state index in [0.29, 0.717) is 19.6 Å². The van der Waals surface area contributed by atoms with Gasteiger partial charge in [0.05, 0.1) is 10.6 Å². The molecule has 0 aliphatic carbocycles. The molecule has 1 unspecified atom stereocenters. The van der Waals surface area contributed by atoms with Crippen LogP contribution >= 0.6 is 0 Å². The van der Waals surface area contributed by atoms with E-state index in [9.17, 15) is 18.0 Å². The van der Waals surface area contributed by atoms with Crippen LogP contribution in [-0.4, -0.2) is 63.1 Å². The molecule has 2 rings (SSSR count). The Morgan fingerprint density at radius 1 is 1.29 bits per heavy atom. The van der Waals surface area contributed by atoms with Gasteiger partial charge in [0.25, 0.3) is 0 Å². The number of benzene rings is 1. The predicted octanol–water partition coefficient (Wildman–Crippen LogP) is -0.295. The Hall–Kier alpha value is -1.93. The number of aryl methyl sites for hydroxylation is 1. The quantitative estimate of drug-likeness (QED) is 0.758. The number of nitrogens with zero attached hydrogens (tertiary/aromatic N) is 1. The lowest BCUT2D eigenvalue weighted by Crippen LogP contribution is -2.58. The van der Waals surface area contributed by atoms with E-state index < -0.39 is 15.9 Å². The standard InChI is InChI=1S/C16H23N3O4S/c1-12-3-5-14(6-4-12)24(22,23)10-8-18-16(21)15-11-19(13(2)20)9-7-17-15/h3-6,15,17H,7-11H2,1-2H3,(H,18,21). The normalized spacial score (nSPS) is 18.2. The van der Waals surface area contributed by atoms with Gasteiger partial charge in [0.1, 0.15) is 6.04 Å². The zero-order valence-electron chi connectivity index (χ0n) is 13.9. The smallest absolute Gasteiger partial charge is 0.239 e. The second-order valence-electron chi connectivity index (χ2n) is 5.89. The number of carbonyl (C=O) groups is 2. The number of hydrogen-bond acceptors (Lipinski definition) is 5. The van der Waals surface area contributed by atoms with Crippen LogP contribution in [-0.2, 0) is 19.4 Å². The fourth-order valence-corrected chi connectivity index (χ4v) is 3.66. The summed E-state index contributed by atoms with van der Waals surface area (Å²) in [5.74, 6) is -0.526. The lowest BCUT2D eigenvalue weighted by atomic mass is 10.2. The fourth-order valence-electron chi connectivity index (χ4n) is 2.51. The highest BCUT2D eigenvalue weighted by molar-refractivity contribution is 7.91. The van der Waals surface area contributed by atoms with Crippen LogP contribution in [0.4, 0.5) is 0 Å². The highest BCUT2D eigenvalue weighted by atomic mass is 32.2. The molecule has 1 fully saturated rings. The van der Waals surface area contributed by atoms with Crippen molar-refractivity contribution in [3.8, 4) is 0 Å². The van der Waals surface area contributed by atoms with Gasteiger partial charge in [0, 0.05) is 33.1 Å². The summed E-state index contributed by atoms with van der Waals surface area (Å²) in [5, 5.41) is 5.66.